The van der Waals surface area contributed by atoms with Crippen LogP contribution in [0.4, 0.5) is 5.69 Å². The van der Waals surface area contributed by atoms with Gasteiger partial charge >= 0.3 is 11.9 Å². The zero-order valence-electron chi connectivity index (χ0n) is 17.3. The Morgan fingerprint density at radius 2 is 1.84 bits per heavy atom. The lowest BCUT2D eigenvalue weighted by atomic mass is 10.1. The summed E-state index contributed by atoms with van der Waals surface area (Å²) in [6.07, 6.45) is -1.29. The van der Waals surface area contributed by atoms with Crippen LogP contribution in [0, 0.1) is 24.0 Å². The van der Waals surface area contributed by atoms with Crippen molar-refractivity contribution in [1.29, 1.82) is 0 Å². The predicted molar refractivity (Wildman–Crippen MR) is 105 cm³/mol. The van der Waals surface area contributed by atoms with Crippen LogP contribution < -0.4 is 9.47 Å². The van der Waals surface area contributed by atoms with Crippen molar-refractivity contribution in [3.05, 3.63) is 50.3 Å². The number of hydrogen-bond acceptors (Lipinski definition) is 9. The molecule has 1 atom stereocenters. The van der Waals surface area contributed by atoms with Crippen LogP contribution in [0.25, 0.3) is 0 Å². The van der Waals surface area contributed by atoms with Crippen molar-refractivity contribution >= 4 is 23.4 Å². The molecule has 0 spiro atoms. The zero-order valence-corrected chi connectivity index (χ0v) is 17.3. The Kier molecular flexibility index (Phi) is 5.95. The molecule has 0 amide bonds. The predicted octanol–water partition coefficient (Wildman–Crippen LogP) is 2.87. The number of rotatable bonds is 7. The van der Waals surface area contributed by atoms with Crippen LogP contribution in [-0.2, 0) is 9.47 Å². The minimum atomic E-state index is -1.29. The van der Waals surface area contributed by atoms with Gasteiger partial charge in [-0.3, -0.25) is 14.9 Å². The molecule has 0 radical (unpaired) electrons. The van der Waals surface area contributed by atoms with Crippen LogP contribution in [0.5, 0.6) is 11.5 Å². The van der Waals surface area contributed by atoms with E-state index < -0.39 is 34.4 Å². The summed E-state index contributed by atoms with van der Waals surface area (Å²) in [7, 11) is 0. The second-order valence-electron chi connectivity index (χ2n) is 6.74. The van der Waals surface area contributed by atoms with Gasteiger partial charge in [-0.2, -0.15) is 0 Å². The van der Waals surface area contributed by atoms with Crippen molar-refractivity contribution in [3.63, 3.8) is 0 Å². The monoisotopic (exact) mass is 432 g/mol. The lowest BCUT2D eigenvalue weighted by Crippen LogP contribution is -2.25. The number of aromatic nitrogens is 1. The molecule has 3 rings (SSSR count). The molecule has 1 aromatic carbocycles. The number of hydrogen-bond donors (Lipinski definition) is 1. The Morgan fingerprint density at radius 3 is 2.45 bits per heavy atom. The van der Waals surface area contributed by atoms with Gasteiger partial charge in [-0.1, -0.05) is 0 Å². The molecule has 0 saturated heterocycles. The Balaban J connectivity index is 1.84. The molecule has 1 aliphatic heterocycles. The first-order valence-corrected chi connectivity index (χ1v) is 9.35. The highest BCUT2D eigenvalue weighted by Gasteiger charge is 2.32. The Morgan fingerprint density at radius 1 is 1.19 bits per heavy atom. The summed E-state index contributed by atoms with van der Waals surface area (Å²) < 4.78 is 20.4. The van der Waals surface area contributed by atoms with E-state index in [1.165, 1.54) is 6.92 Å². The summed E-state index contributed by atoms with van der Waals surface area (Å²) >= 11 is 0. The number of ketones is 1. The average molecular weight is 432 g/mol. The number of fused-ring (bicyclic) bond motifs is 1. The molecular formula is C20H20N2O9. The van der Waals surface area contributed by atoms with Gasteiger partial charge in [-0.15, -0.1) is 0 Å². The third-order valence-electron chi connectivity index (χ3n) is 4.72. The fraction of sp³-hybridized carbons (Fsp3) is 0.350. The van der Waals surface area contributed by atoms with Gasteiger partial charge in [0, 0.05) is 11.8 Å². The number of nitrogens with zero attached hydrogens (tertiary/aromatic N) is 1. The van der Waals surface area contributed by atoms with E-state index in [0.717, 1.165) is 12.1 Å². The molecule has 2 aromatic rings. The lowest BCUT2D eigenvalue weighted by molar-refractivity contribution is -0.385. The van der Waals surface area contributed by atoms with Crippen molar-refractivity contribution in [3.8, 4) is 11.5 Å². The van der Waals surface area contributed by atoms with Crippen molar-refractivity contribution < 1.29 is 38.3 Å². The van der Waals surface area contributed by atoms with Crippen LogP contribution in [0.3, 0.4) is 0 Å². The minimum Gasteiger partial charge on any atom is -0.462 e. The first-order chi connectivity index (χ1) is 14.6. The van der Waals surface area contributed by atoms with E-state index in [9.17, 15) is 24.5 Å². The molecule has 11 nitrogen and oxygen atoms in total. The molecule has 1 unspecified atom stereocenters. The number of ether oxygens (including phenoxy) is 4. The third-order valence-corrected chi connectivity index (χ3v) is 4.72. The van der Waals surface area contributed by atoms with Gasteiger partial charge in [0.1, 0.15) is 5.56 Å². The topological polar surface area (TPSA) is 147 Å². The Hall–Kier alpha value is -3.89. The maximum absolute atomic E-state index is 12.8. The molecule has 31 heavy (non-hydrogen) atoms. The number of H-pyrrole nitrogens is 1. The number of nitro benzene ring substituents is 1. The van der Waals surface area contributed by atoms with Crippen LogP contribution >= 0.6 is 0 Å². The molecule has 164 valence electrons. The lowest BCUT2D eigenvalue weighted by Gasteiger charge is -2.13. The quantitative estimate of drug-likeness (QED) is 0.302. The molecule has 0 bridgehead atoms. The summed E-state index contributed by atoms with van der Waals surface area (Å²) in [6.45, 7) is 6.22. The van der Waals surface area contributed by atoms with Crippen LogP contribution in [0.2, 0.25) is 0 Å². The van der Waals surface area contributed by atoms with Gasteiger partial charge in [0.25, 0.3) is 5.69 Å². The molecular weight excluding hydrogens is 412 g/mol. The number of esters is 2. The van der Waals surface area contributed by atoms with Crippen LogP contribution in [0.15, 0.2) is 12.1 Å². The molecule has 1 aromatic heterocycles. The Labute approximate surface area is 176 Å². The molecule has 0 fully saturated rings. The smallest absolute Gasteiger partial charge is 0.346 e. The van der Waals surface area contributed by atoms with E-state index in [1.54, 1.807) is 20.8 Å². The van der Waals surface area contributed by atoms with E-state index in [4.69, 9.17) is 18.9 Å². The second kappa shape index (κ2) is 8.46. The van der Waals surface area contributed by atoms with E-state index in [0.29, 0.717) is 11.3 Å². The first-order valence-electron chi connectivity index (χ1n) is 9.35. The molecule has 0 saturated carbocycles. The molecule has 1 aliphatic rings. The number of carbonyl (C=O) groups is 3. The van der Waals surface area contributed by atoms with E-state index in [1.807, 2.05) is 0 Å². The summed E-state index contributed by atoms with van der Waals surface area (Å²) in [6, 6.07) is 2.21. The van der Waals surface area contributed by atoms with Gasteiger partial charge in [-0.25, -0.2) is 9.59 Å². The van der Waals surface area contributed by atoms with Crippen molar-refractivity contribution in [1.82, 2.24) is 4.98 Å². The summed E-state index contributed by atoms with van der Waals surface area (Å²) in [5.74, 6) is -1.96. The number of aryl methyl sites for hydroxylation is 1. The van der Waals surface area contributed by atoms with Crippen molar-refractivity contribution in [2.45, 2.75) is 33.8 Å². The number of nitrogens with one attached hydrogen (secondary N) is 1. The second-order valence-corrected chi connectivity index (χ2v) is 6.74. The van der Waals surface area contributed by atoms with E-state index in [2.05, 4.69) is 4.98 Å². The number of carbonyl (C=O) groups excluding carboxylic acids is 3. The number of benzene rings is 1. The number of Topliss-reactive ketones (excluding diaryl/α,β-unsaturated/α-hetero) is 1. The zero-order chi connectivity index (χ0) is 22.9. The average Bonchev–Trinajstić information content (AvgIpc) is 3.29. The first kappa shape index (κ1) is 21.8. The third kappa shape index (κ3) is 4.06. The molecule has 2 heterocycles. The van der Waals surface area contributed by atoms with E-state index in [-0.39, 0.29) is 41.7 Å². The van der Waals surface area contributed by atoms with Crippen LogP contribution in [0.1, 0.15) is 56.3 Å². The highest BCUT2D eigenvalue weighted by atomic mass is 16.7. The highest BCUT2D eigenvalue weighted by Crippen LogP contribution is 2.38. The van der Waals surface area contributed by atoms with Gasteiger partial charge in [0.15, 0.2) is 17.6 Å². The largest absolute Gasteiger partial charge is 0.462 e. The maximum Gasteiger partial charge on any atom is 0.346 e. The maximum atomic E-state index is 12.8. The van der Waals surface area contributed by atoms with Gasteiger partial charge in [-0.05, 0) is 33.3 Å². The molecule has 1 N–H and O–H groups in total. The Bertz CT molecular complexity index is 1090. The minimum absolute atomic E-state index is 0.0843. The van der Waals surface area contributed by atoms with Crippen molar-refractivity contribution in [2.75, 3.05) is 13.4 Å². The normalized spacial score (nSPS) is 12.9. The fourth-order valence-corrected chi connectivity index (χ4v) is 3.23. The highest BCUT2D eigenvalue weighted by molar-refractivity contribution is 6.05. The number of aromatic amines is 1. The van der Waals surface area contributed by atoms with Gasteiger partial charge < -0.3 is 23.9 Å². The fourth-order valence-electron chi connectivity index (χ4n) is 3.23. The van der Waals surface area contributed by atoms with Crippen molar-refractivity contribution in [2.24, 2.45) is 0 Å². The summed E-state index contributed by atoms with van der Waals surface area (Å²) in [4.78, 5) is 51.0. The standard InChI is InChI=1S/C20H20N2O9/c1-5-28-20(25)16-9(2)17(21-10(16)3)18(23)11(4)31-19(24)12-6-14-15(30-8-29-14)7-13(12)22(26)27/h6-7,11,21H,5,8H2,1-4H3. The SMILES string of the molecule is CCOC(=O)c1c(C)[nH]c(C(=O)C(C)OC(=O)c2cc3c(cc2[N+](=O)[O-])OCO3)c1C. The van der Waals surface area contributed by atoms with Crippen LogP contribution in [-0.4, -0.2) is 47.1 Å². The molecule has 0 aliphatic carbocycles. The number of nitro groups is 1. The van der Waals surface area contributed by atoms with E-state index >= 15 is 0 Å². The summed E-state index contributed by atoms with van der Waals surface area (Å²) in [5, 5.41) is 11.4. The summed E-state index contributed by atoms with van der Waals surface area (Å²) in [5.41, 5.74) is 0.198. The van der Waals surface area contributed by atoms with Gasteiger partial charge in [0.2, 0.25) is 12.6 Å². The van der Waals surface area contributed by atoms with Gasteiger partial charge in [0.05, 0.1) is 28.9 Å². The molecule has 11 heteroatoms.